The van der Waals surface area contributed by atoms with E-state index in [0.717, 1.165) is 77.0 Å². The number of nitrogens with one attached hydrogen (secondary N) is 2. The summed E-state index contributed by atoms with van der Waals surface area (Å²) in [6, 6.07) is 7.94. The Bertz CT molecular complexity index is 1350. The number of rotatable bonds is 2. The van der Waals surface area contributed by atoms with Crippen molar-refractivity contribution in [3.63, 3.8) is 0 Å². The Kier molecular flexibility index (Phi) is 4.30. The number of hydrogen-bond acceptors (Lipinski definition) is 4. The topological polar surface area (TPSA) is 96.7 Å². The maximum Gasteiger partial charge on any atom is 0.254 e. The summed E-state index contributed by atoms with van der Waals surface area (Å²) >= 11 is 0. The molecule has 2 aliphatic carbocycles. The minimum absolute atomic E-state index is 0.105. The lowest BCUT2D eigenvalue weighted by Crippen LogP contribution is -2.49. The lowest BCUT2D eigenvalue weighted by atomic mass is 9.74. The highest BCUT2D eigenvalue weighted by molar-refractivity contribution is 6.00. The molecule has 1 aromatic carbocycles. The highest BCUT2D eigenvalue weighted by Gasteiger charge is 2.37. The Labute approximate surface area is 193 Å². The van der Waals surface area contributed by atoms with Gasteiger partial charge in [0, 0.05) is 35.0 Å². The standard InChI is InChI=1S/C27H27N5O/c1-26(2)13-10-16-4-6-17(7-5-16)24-29-15-18-8-9-19-21(25(33)32-26)20(14-27(28)11-3-12-27)30-23(19)22(18)31-24/h4-7,15,30H,3,8-9,11-12,14,28H2,1-2H3,(H,32,33). The molecule has 7 bridgehead atoms. The van der Waals surface area contributed by atoms with Crippen molar-refractivity contribution in [2.45, 2.75) is 63.5 Å². The summed E-state index contributed by atoms with van der Waals surface area (Å²) in [7, 11) is 0. The number of nitrogens with two attached hydrogens (primary N) is 1. The molecule has 2 aliphatic heterocycles. The summed E-state index contributed by atoms with van der Waals surface area (Å²) in [5, 5.41) is 3.17. The van der Waals surface area contributed by atoms with Gasteiger partial charge in [0.05, 0.1) is 22.5 Å². The lowest BCUT2D eigenvalue weighted by molar-refractivity contribution is 0.0927. The van der Waals surface area contributed by atoms with E-state index in [-0.39, 0.29) is 11.4 Å². The van der Waals surface area contributed by atoms with Crippen LogP contribution in [0.4, 0.5) is 0 Å². The molecule has 0 spiro atoms. The van der Waals surface area contributed by atoms with Crippen molar-refractivity contribution >= 4 is 5.91 Å². The third kappa shape index (κ3) is 3.44. The summed E-state index contributed by atoms with van der Waals surface area (Å²) in [6.45, 7) is 3.87. The van der Waals surface area contributed by atoms with Gasteiger partial charge in [-0.25, -0.2) is 9.97 Å². The molecule has 1 fully saturated rings. The average Bonchev–Trinajstić information content (AvgIpc) is 3.14. The number of fused-ring (bicyclic) bond motifs is 5. The fourth-order valence-corrected chi connectivity index (χ4v) is 5.13. The number of H-pyrrole nitrogens is 1. The fourth-order valence-electron chi connectivity index (χ4n) is 5.13. The van der Waals surface area contributed by atoms with E-state index in [1.54, 1.807) is 0 Å². The Balaban J connectivity index is 1.58. The molecule has 0 atom stereocenters. The van der Waals surface area contributed by atoms with Crippen LogP contribution in [0.15, 0.2) is 30.5 Å². The van der Waals surface area contributed by atoms with E-state index in [4.69, 9.17) is 10.7 Å². The SMILES string of the molecule is CC1(C)C#Cc2ccc(cc2)-c2ncc3c(n2)-c2[nH]c(CC4(N)CCC4)c(c2CC3)C(=O)N1. The molecule has 6 heteroatoms. The van der Waals surface area contributed by atoms with Gasteiger partial charge in [-0.15, -0.1) is 0 Å². The van der Waals surface area contributed by atoms with Crippen molar-refractivity contribution in [3.05, 3.63) is 58.4 Å². The molecule has 1 amide bonds. The van der Waals surface area contributed by atoms with Gasteiger partial charge < -0.3 is 16.0 Å². The van der Waals surface area contributed by atoms with E-state index in [0.29, 0.717) is 12.2 Å². The summed E-state index contributed by atoms with van der Waals surface area (Å²) in [5.41, 5.74) is 13.1. The van der Waals surface area contributed by atoms with E-state index in [1.807, 2.05) is 44.3 Å². The van der Waals surface area contributed by atoms with Crippen LogP contribution in [0.2, 0.25) is 0 Å². The van der Waals surface area contributed by atoms with Crippen LogP contribution < -0.4 is 11.1 Å². The second kappa shape index (κ2) is 7.03. The zero-order valence-electron chi connectivity index (χ0n) is 19.0. The largest absolute Gasteiger partial charge is 0.356 e. The van der Waals surface area contributed by atoms with Crippen LogP contribution in [0, 0.1) is 11.8 Å². The first-order chi connectivity index (χ1) is 15.8. The Morgan fingerprint density at radius 3 is 2.67 bits per heavy atom. The minimum atomic E-state index is -0.689. The van der Waals surface area contributed by atoms with E-state index in [9.17, 15) is 4.79 Å². The van der Waals surface area contributed by atoms with Crippen LogP contribution in [-0.2, 0) is 19.3 Å². The van der Waals surface area contributed by atoms with E-state index in [1.165, 1.54) is 0 Å². The van der Waals surface area contributed by atoms with Crippen molar-refractivity contribution in [2.24, 2.45) is 5.73 Å². The molecule has 166 valence electrons. The van der Waals surface area contributed by atoms with Gasteiger partial charge in [-0.05, 0) is 81.3 Å². The zero-order chi connectivity index (χ0) is 22.8. The molecule has 2 aromatic heterocycles. The van der Waals surface area contributed by atoms with Crippen molar-refractivity contribution in [3.8, 4) is 34.6 Å². The van der Waals surface area contributed by atoms with Crippen LogP contribution in [0.5, 0.6) is 0 Å². The van der Waals surface area contributed by atoms with Gasteiger partial charge in [-0.2, -0.15) is 0 Å². The molecule has 33 heavy (non-hydrogen) atoms. The van der Waals surface area contributed by atoms with Crippen molar-refractivity contribution < 1.29 is 4.79 Å². The normalized spacial score (nSPS) is 19.1. The molecule has 7 rings (SSSR count). The van der Waals surface area contributed by atoms with Crippen molar-refractivity contribution in [1.29, 1.82) is 0 Å². The highest BCUT2D eigenvalue weighted by Crippen LogP contribution is 2.39. The number of benzene rings is 1. The molecule has 4 N–H and O–H groups in total. The van der Waals surface area contributed by atoms with Crippen LogP contribution in [0.1, 0.15) is 65.9 Å². The van der Waals surface area contributed by atoms with Crippen LogP contribution in [-0.4, -0.2) is 31.9 Å². The predicted octanol–water partition coefficient (Wildman–Crippen LogP) is 3.53. The first kappa shape index (κ1) is 20.2. The van der Waals surface area contributed by atoms with Gasteiger partial charge in [0.15, 0.2) is 5.82 Å². The van der Waals surface area contributed by atoms with Gasteiger partial charge in [0.1, 0.15) is 0 Å². The summed E-state index contributed by atoms with van der Waals surface area (Å²) < 4.78 is 0. The van der Waals surface area contributed by atoms with Crippen LogP contribution in [0.3, 0.4) is 0 Å². The molecule has 4 heterocycles. The van der Waals surface area contributed by atoms with Crippen molar-refractivity contribution in [2.75, 3.05) is 0 Å². The average molecular weight is 438 g/mol. The molecule has 0 saturated heterocycles. The maximum atomic E-state index is 13.7. The molecule has 3 aromatic rings. The summed E-state index contributed by atoms with van der Waals surface area (Å²) in [6.07, 6.45) is 7.24. The highest BCUT2D eigenvalue weighted by atomic mass is 16.1. The maximum absolute atomic E-state index is 13.7. The third-order valence-electron chi connectivity index (χ3n) is 7.12. The Hall–Kier alpha value is -3.43. The number of aromatic nitrogens is 3. The second-order valence-corrected chi connectivity index (χ2v) is 10.2. The van der Waals surface area contributed by atoms with E-state index < -0.39 is 5.54 Å². The molecule has 1 saturated carbocycles. The quantitative estimate of drug-likeness (QED) is 0.534. The van der Waals surface area contributed by atoms with Crippen LogP contribution >= 0.6 is 0 Å². The van der Waals surface area contributed by atoms with Gasteiger partial charge in [-0.3, -0.25) is 4.79 Å². The number of amides is 1. The fraction of sp³-hybridized carbons (Fsp3) is 0.370. The number of carbonyl (C=O) groups is 1. The molecule has 6 nitrogen and oxygen atoms in total. The monoisotopic (exact) mass is 437 g/mol. The second-order valence-electron chi connectivity index (χ2n) is 10.2. The number of nitrogens with zero attached hydrogens (tertiary/aromatic N) is 2. The Morgan fingerprint density at radius 1 is 1.15 bits per heavy atom. The smallest absolute Gasteiger partial charge is 0.254 e. The van der Waals surface area contributed by atoms with E-state index >= 15 is 0 Å². The summed E-state index contributed by atoms with van der Waals surface area (Å²) in [4.78, 5) is 26.9. The van der Waals surface area contributed by atoms with Gasteiger partial charge in [0.25, 0.3) is 5.91 Å². The molecular formula is C27H27N5O. The third-order valence-corrected chi connectivity index (χ3v) is 7.12. The Morgan fingerprint density at radius 2 is 1.94 bits per heavy atom. The number of aryl methyl sites for hydroxylation is 1. The summed E-state index contributed by atoms with van der Waals surface area (Å²) in [5.74, 6) is 7.00. The molecule has 0 unspecified atom stereocenters. The van der Waals surface area contributed by atoms with E-state index in [2.05, 4.69) is 27.1 Å². The first-order valence-corrected chi connectivity index (χ1v) is 11.7. The first-order valence-electron chi connectivity index (χ1n) is 11.7. The van der Waals surface area contributed by atoms with Gasteiger partial charge >= 0.3 is 0 Å². The lowest BCUT2D eigenvalue weighted by Gasteiger charge is -2.38. The number of carbonyl (C=O) groups excluding carboxylic acids is 1. The number of hydrogen-bond donors (Lipinski definition) is 3. The van der Waals surface area contributed by atoms with Crippen LogP contribution in [0.25, 0.3) is 22.8 Å². The van der Waals surface area contributed by atoms with Gasteiger partial charge in [-0.1, -0.05) is 11.8 Å². The molecule has 4 aliphatic rings. The molecule has 0 radical (unpaired) electrons. The zero-order valence-corrected chi connectivity index (χ0v) is 19.0. The van der Waals surface area contributed by atoms with Gasteiger partial charge in [0.2, 0.25) is 0 Å². The minimum Gasteiger partial charge on any atom is -0.356 e. The predicted molar refractivity (Wildman–Crippen MR) is 128 cm³/mol. The van der Waals surface area contributed by atoms with Crippen molar-refractivity contribution in [1.82, 2.24) is 20.3 Å². The number of aromatic amines is 1. The molecular weight excluding hydrogens is 410 g/mol.